The zero-order valence-electron chi connectivity index (χ0n) is 17.4. The van der Waals surface area contributed by atoms with E-state index in [-0.39, 0.29) is 49.4 Å². The summed E-state index contributed by atoms with van der Waals surface area (Å²) in [5.41, 5.74) is 0. The SMILES string of the molecule is O=C([CH-]C(=O)C(F)(F)F)C(F)(F)F.O=C([CH-]C(=O)C(F)(F)F)C(F)(F)F.O=C([CH-]C(=O)C(F)(F)F)C(F)(F)F.[Eu+3]. The second-order valence-corrected chi connectivity index (χ2v) is 5.61. The molecule has 0 radical (unpaired) electrons. The third kappa shape index (κ3) is 20.8. The summed E-state index contributed by atoms with van der Waals surface area (Å²) >= 11 is 0. The van der Waals surface area contributed by atoms with Gasteiger partial charge in [0, 0.05) is 0 Å². The molecule has 0 aliphatic heterocycles. The maximum atomic E-state index is 11.3. The summed E-state index contributed by atoms with van der Waals surface area (Å²) in [4.78, 5) is 58.9. The minimum atomic E-state index is -5.46. The van der Waals surface area contributed by atoms with Crippen LogP contribution in [0.3, 0.4) is 0 Å². The Balaban J connectivity index is -0.000000240. The third-order valence-corrected chi connectivity index (χ3v) is 2.46. The number of hydrogen-bond acceptors (Lipinski definition) is 6. The summed E-state index contributed by atoms with van der Waals surface area (Å²) in [7, 11) is 0. The van der Waals surface area contributed by atoms with Gasteiger partial charge in [-0.15, -0.1) is 0 Å². The van der Waals surface area contributed by atoms with Crippen molar-refractivity contribution in [1.82, 2.24) is 0 Å². The van der Waals surface area contributed by atoms with Gasteiger partial charge in [-0.1, -0.05) is 0 Å². The van der Waals surface area contributed by atoms with Gasteiger partial charge in [-0.05, 0) is 0 Å². The molecule has 0 amide bonds. The van der Waals surface area contributed by atoms with Crippen LogP contribution in [0.2, 0.25) is 0 Å². The minimum Gasteiger partial charge on any atom is -0.324 e. The summed E-state index contributed by atoms with van der Waals surface area (Å²) < 4.78 is 203. The van der Waals surface area contributed by atoms with Crippen LogP contribution in [0.5, 0.6) is 0 Å². The van der Waals surface area contributed by atoms with E-state index in [9.17, 15) is 108 Å². The van der Waals surface area contributed by atoms with E-state index in [1.165, 1.54) is 0 Å². The molecule has 0 aromatic carbocycles. The molecule has 0 unspecified atom stereocenters. The van der Waals surface area contributed by atoms with Gasteiger partial charge < -0.3 is 28.8 Å². The summed E-state index contributed by atoms with van der Waals surface area (Å²) in [6, 6.07) is 0. The molecule has 0 saturated heterocycles. The summed E-state index contributed by atoms with van der Waals surface area (Å²) in [5.74, 6) is -16.9. The van der Waals surface area contributed by atoms with Gasteiger partial charge in [0.15, 0.2) is 0 Å². The Labute approximate surface area is 247 Å². The Morgan fingerprint density at radius 2 is 0.350 bits per heavy atom. The Kier molecular flexibility index (Phi) is 17.8. The normalized spacial score (nSPS) is 12.2. The molecule has 0 aromatic heterocycles. The first kappa shape index (κ1) is 45.0. The van der Waals surface area contributed by atoms with Gasteiger partial charge in [0.1, 0.15) is 34.7 Å². The number of halogens is 18. The molecule has 0 aromatic rings. The summed E-state index contributed by atoms with van der Waals surface area (Å²) in [6.07, 6.45) is -35.8. The fourth-order valence-electron chi connectivity index (χ4n) is 0.848. The van der Waals surface area contributed by atoms with Crippen molar-refractivity contribution in [2.24, 2.45) is 0 Å². The standard InChI is InChI=1S/3C5HF6O2.Eu/c3*6-4(7,8)2(12)1-3(13)5(9,10)11;/h3*1H;/q3*-1;+3. The van der Waals surface area contributed by atoms with E-state index >= 15 is 0 Å². The number of alkyl halides is 18. The van der Waals surface area contributed by atoms with E-state index in [0.29, 0.717) is 0 Å². The van der Waals surface area contributed by atoms with Crippen molar-refractivity contribution >= 4 is 34.7 Å². The first-order valence-corrected chi connectivity index (χ1v) is 7.86. The summed E-state index contributed by atoms with van der Waals surface area (Å²) in [5, 5.41) is 0. The van der Waals surface area contributed by atoms with Crippen LogP contribution in [-0.4, -0.2) is 71.8 Å². The molecule has 0 fully saturated rings. The molecule has 40 heavy (non-hydrogen) atoms. The molecule has 232 valence electrons. The molecule has 0 spiro atoms. The van der Waals surface area contributed by atoms with Crippen LogP contribution in [0, 0.1) is 68.6 Å². The van der Waals surface area contributed by atoms with Gasteiger partial charge >= 0.3 is 86.4 Å². The third-order valence-electron chi connectivity index (χ3n) is 2.46. The van der Waals surface area contributed by atoms with Gasteiger partial charge in [0.2, 0.25) is 0 Å². The van der Waals surface area contributed by atoms with Crippen molar-refractivity contribution in [2.75, 3.05) is 0 Å². The van der Waals surface area contributed by atoms with Crippen molar-refractivity contribution < 1.29 is 157 Å². The van der Waals surface area contributed by atoms with E-state index in [1.54, 1.807) is 0 Å². The monoisotopic (exact) mass is 774 g/mol. The van der Waals surface area contributed by atoms with Gasteiger partial charge in [0.05, 0.1) is 0 Å². The number of carbonyl (C=O) groups excluding carboxylic acids is 6. The van der Waals surface area contributed by atoms with Crippen molar-refractivity contribution in [3.8, 4) is 0 Å². The Morgan fingerprint density at radius 1 is 0.275 bits per heavy atom. The van der Waals surface area contributed by atoms with Crippen LogP contribution in [0.25, 0.3) is 0 Å². The number of carbonyl (C=O) groups is 6. The van der Waals surface area contributed by atoms with Crippen molar-refractivity contribution in [2.45, 2.75) is 37.1 Å². The predicted molar refractivity (Wildman–Crippen MR) is 79.3 cm³/mol. The summed E-state index contributed by atoms with van der Waals surface area (Å²) in [6.45, 7) is 0. The second-order valence-electron chi connectivity index (χ2n) is 5.61. The van der Waals surface area contributed by atoms with Crippen LogP contribution in [0.15, 0.2) is 0 Å². The Morgan fingerprint density at radius 3 is 0.400 bits per heavy atom. The Bertz CT molecular complexity index is 726. The van der Waals surface area contributed by atoms with Crippen LogP contribution in [-0.2, 0) is 28.8 Å². The molecule has 0 N–H and O–H groups in total. The predicted octanol–water partition coefficient (Wildman–Crippen LogP) is 4.36. The van der Waals surface area contributed by atoms with Gasteiger partial charge in [-0.3, -0.25) is 0 Å². The van der Waals surface area contributed by atoms with E-state index in [0.717, 1.165) is 0 Å². The average molecular weight is 773 g/mol. The van der Waals surface area contributed by atoms with Crippen LogP contribution in [0.4, 0.5) is 79.0 Å². The molecule has 0 saturated carbocycles. The molecule has 25 heteroatoms. The maximum absolute atomic E-state index is 11.3. The van der Waals surface area contributed by atoms with Gasteiger partial charge in [0.25, 0.3) is 0 Å². The van der Waals surface area contributed by atoms with Crippen molar-refractivity contribution in [3.05, 3.63) is 19.3 Å². The van der Waals surface area contributed by atoms with Gasteiger partial charge in [-0.2, -0.15) is 79.0 Å². The van der Waals surface area contributed by atoms with Crippen LogP contribution in [0.1, 0.15) is 0 Å². The van der Waals surface area contributed by atoms with Crippen LogP contribution >= 0.6 is 0 Å². The average Bonchev–Trinajstić information content (AvgIpc) is 2.64. The fourth-order valence-corrected chi connectivity index (χ4v) is 0.848. The van der Waals surface area contributed by atoms with Crippen LogP contribution < -0.4 is 0 Å². The number of Topliss-reactive ketones (excluding diaryl/α,β-unsaturated/α-hetero) is 6. The number of rotatable bonds is 6. The molecule has 0 rings (SSSR count). The van der Waals surface area contributed by atoms with Gasteiger partial charge in [-0.25, -0.2) is 19.3 Å². The van der Waals surface area contributed by atoms with E-state index in [1.807, 2.05) is 0 Å². The topological polar surface area (TPSA) is 102 Å². The van der Waals surface area contributed by atoms with E-state index in [2.05, 4.69) is 0 Å². The van der Waals surface area contributed by atoms with Crippen molar-refractivity contribution in [1.29, 1.82) is 0 Å². The number of hydrogen-bond donors (Lipinski definition) is 0. The quantitative estimate of drug-likeness (QED) is 0.226. The molecule has 0 bridgehead atoms. The molecule has 0 aliphatic carbocycles. The largest absolute Gasteiger partial charge is 3.00 e. The second kappa shape index (κ2) is 15.8. The van der Waals surface area contributed by atoms with E-state index < -0.39 is 91.0 Å². The molecule has 0 heterocycles. The zero-order chi connectivity index (χ0) is 32.6. The van der Waals surface area contributed by atoms with Crippen molar-refractivity contribution in [3.63, 3.8) is 0 Å². The first-order valence-electron chi connectivity index (χ1n) is 7.86. The van der Waals surface area contributed by atoms with E-state index in [4.69, 9.17) is 0 Å². The molecular formula is C15H3EuF18O6. The Hall–Kier alpha value is -2.05. The molecule has 0 atom stereocenters. The smallest absolute Gasteiger partial charge is 0.324 e. The first-order chi connectivity index (χ1) is 16.6. The maximum Gasteiger partial charge on any atom is 3.00 e. The molecular weight excluding hydrogens is 770 g/mol. The minimum absolute atomic E-state index is 0. The molecule has 6 nitrogen and oxygen atoms in total. The molecule has 0 aliphatic rings. The fraction of sp³-hybridized carbons (Fsp3) is 0.400. The number of ketones is 6. The zero-order valence-corrected chi connectivity index (χ0v) is 19.8.